The molecule has 2 aliphatic carbocycles. The summed E-state index contributed by atoms with van der Waals surface area (Å²) in [6, 6.07) is 10.4. The van der Waals surface area contributed by atoms with Gasteiger partial charge in [-0.05, 0) is 42.2 Å². The van der Waals surface area contributed by atoms with Crippen LogP contribution in [0.1, 0.15) is 43.2 Å². The third-order valence-electron chi connectivity index (χ3n) is 5.85. The van der Waals surface area contributed by atoms with Gasteiger partial charge in [-0.2, -0.15) is 5.10 Å². The van der Waals surface area contributed by atoms with Gasteiger partial charge in [-0.25, -0.2) is 0 Å². The van der Waals surface area contributed by atoms with E-state index >= 15 is 0 Å². The number of aromatic nitrogens is 2. The van der Waals surface area contributed by atoms with Gasteiger partial charge in [-0.3, -0.25) is 9.89 Å². The van der Waals surface area contributed by atoms with Gasteiger partial charge >= 0.3 is 0 Å². The SMILES string of the molecule is O=C(NCCc1cn[nH]c1)[C@@]1(c2ccccc2)CC12CCCC2. The molecule has 120 valence electrons. The van der Waals surface area contributed by atoms with E-state index in [1.807, 2.05) is 18.5 Å². The molecule has 1 atom stereocenters. The first kappa shape index (κ1) is 14.5. The first-order valence-corrected chi connectivity index (χ1v) is 8.58. The number of nitrogens with zero attached hydrogens (tertiary/aromatic N) is 1. The van der Waals surface area contributed by atoms with Crippen molar-refractivity contribution in [1.29, 1.82) is 0 Å². The molecular formula is C19H23N3O. The quantitative estimate of drug-likeness (QED) is 0.892. The van der Waals surface area contributed by atoms with Crippen LogP contribution in [0.3, 0.4) is 0 Å². The Balaban J connectivity index is 1.51. The molecule has 0 saturated heterocycles. The lowest BCUT2D eigenvalue weighted by molar-refractivity contribution is -0.124. The molecule has 1 aromatic heterocycles. The average molecular weight is 309 g/mol. The summed E-state index contributed by atoms with van der Waals surface area (Å²) in [5, 5.41) is 9.95. The van der Waals surface area contributed by atoms with Gasteiger partial charge in [0.2, 0.25) is 5.91 Å². The fraction of sp³-hybridized carbons (Fsp3) is 0.474. The van der Waals surface area contributed by atoms with Gasteiger partial charge in [0.1, 0.15) is 0 Å². The second-order valence-electron chi connectivity index (χ2n) is 7.05. The molecular weight excluding hydrogens is 286 g/mol. The Morgan fingerprint density at radius 1 is 1.22 bits per heavy atom. The van der Waals surface area contributed by atoms with Crippen molar-refractivity contribution < 1.29 is 4.79 Å². The Bertz CT molecular complexity index is 674. The number of rotatable bonds is 5. The lowest BCUT2D eigenvalue weighted by atomic mass is 9.84. The standard InChI is InChI=1S/C19H23N3O/c23-17(20-11-8-15-12-21-22-13-15)19(16-6-2-1-3-7-16)14-18(19)9-4-5-10-18/h1-3,6-7,12-13H,4-5,8-11,14H2,(H,20,23)(H,21,22)/t19-/m0/s1. The van der Waals surface area contributed by atoms with Crippen molar-refractivity contribution >= 4 is 5.91 Å². The third kappa shape index (κ3) is 2.28. The van der Waals surface area contributed by atoms with Crippen LogP contribution in [-0.4, -0.2) is 22.6 Å². The lowest BCUT2D eigenvalue weighted by Crippen LogP contribution is -2.39. The fourth-order valence-electron chi connectivity index (χ4n) is 4.59. The molecule has 23 heavy (non-hydrogen) atoms. The van der Waals surface area contributed by atoms with Gasteiger partial charge in [0.05, 0.1) is 11.6 Å². The zero-order valence-corrected chi connectivity index (χ0v) is 13.3. The number of carbonyl (C=O) groups excluding carboxylic acids is 1. The number of benzene rings is 1. The van der Waals surface area contributed by atoms with E-state index in [4.69, 9.17) is 0 Å². The normalized spacial score (nSPS) is 24.7. The van der Waals surface area contributed by atoms with E-state index in [-0.39, 0.29) is 16.7 Å². The molecule has 2 fully saturated rings. The van der Waals surface area contributed by atoms with Crippen LogP contribution >= 0.6 is 0 Å². The minimum atomic E-state index is -0.291. The van der Waals surface area contributed by atoms with Crippen molar-refractivity contribution in [2.45, 2.75) is 43.9 Å². The van der Waals surface area contributed by atoms with Crippen LogP contribution in [0.5, 0.6) is 0 Å². The summed E-state index contributed by atoms with van der Waals surface area (Å²) in [4.78, 5) is 13.1. The molecule has 2 aromatic rings. The molecule has 1 heterocycles. The number of aromatic amines is 1. The highest BCUT2D eigenvalue weighted by Gasteiger charge is 2.72. The lowest BCUT2D eigenvalue weighted by Gasteiger charge is -2.22. The molecule has 1 spiro atoms. The summed E-state index contributed by atoms with van der Waals surface area (Å²) >= 11 is 0. The first-order chi connectivity index (χ1) is 11.3. The number of hydrogen-bond donors (Lipinski definition) is 2. The van der Waals surface area contributed by atoms with E-state index in [9.17, 15) is 4.79 Å². The molecule has 4 rings (SSSR count). The van der Waals surface area contributed by atoms with Crippen LogP contribution in [0.15, 0.2) is 42.7 Å². The smallest absolute Gasteiger partial charge is 0.231 e. The largest absolute Gasteiger partial charge is 0.355 e. The number of amides is 1. The second kappa shape index (κ2) is 5.52. The Morgan fingerprint density at radius 2 is 2.00 bits per heavy atom. The van der Waals surface area contributed by atoms with E-state index in [2.05, 4.69) is 39.8 Å². The molecule has 0 aliphatic heterocycles. The molecule has 4 heteroatoms. The van der Waals surface area contributed by atoms with Crippen molar-refractivity contribution in [3.05, 3.63) is 53.9 Å². The maximum absolute atomic E-state index is 13.1. The zero-order valence-electron chi connectivity index (χ0n) is 13.3. The zero-order chi connectivity index (χ0) is 15.8. The summed E-state index contributed by atoms with van der Waals surface area (Å²) in [7, 11) is 0. The van der Waals surface area contributed by atoms with Crippen LogP contribution in [0.25, 0.3) is 0 Å². The molecule has 1 amide bonds. The van der Waals surface area contributed by atoms with Gasteiger partial charge in [0.15, 0.2) is 0 Å². The van der Waals surface area contributed by atoms with E-state index in [1.54, 1.807) is 0 Å². The van der Waals surface area contributed by atoms with Crippen LogP contribution in [0, 0.1) is 5.41 Å². The predicted octanol–water partition coefficient (Wildman–Crippen LogP) is 2.97. The molecule has 2 saturated carbocycles. The topological polar surface area (TPSA) is 57.8 Å². The van der Waals surface area contributed by atoms with Crippen molar-refractivity contribution in [2.75, 3.05) is 6.54 Å². The molecule has 0 bridgehead atoms. The van der Waals surface area contributed by atoms with Crippen molar-refractivity contribution in [1.82, 2.24) is 15.5 Å². The number of carbonyl (C=O) groups is 1. The molecule has 0 unspecified atom stereocenters. The van der Waals surface area contributed by atoms with Crippen LogP contribution in [0.2, 0.25) is 0 Å². The van der Waals surface area contributed by atoms with E-state index in [0.717, 1.165) is 18.4 Å². The Morgan fingerprint density at radius 3 is 2.70 bits per heavy atom. The summed E-state index contributed by atoms with van der Waals surface area (Å²) in [6.07, 6.45) is 10.4. The van der Waals surface area contributed by atoms with Gasteiger partial charge in [0.25, 0.3) is 0 Å². The molecule has 0 radical (unpaired) electrons. The van der Waals surface area contributed by atoms with Crippen LogP contribution < -0.4 is 5.32 Å². The number of hydrogen-bond acceptors (Lipinski definition) is 2. The summed E-state index contributed by atoms with van der Waals surface area (Å²) in [5.41, 5.74) is 2.25. The maximum atomic E-state index is 13.1. The van der Waals surface area contributed by atoms with Gasteiger partial charge in [0, 0.05) is 12.7 Å². The third-order valence-corrected chi connectivity index (χ3v) is 5.85. The summed E-state index contributed by atoms with van der Waals surface area (Å²) in [5.74, 6) is 0.217. The fourth-order valence-corrected chi connectivity index (χ4v) is 4.59. The molecule has 2 N–H and O–H groups in total. The van der Waals surface area contributed by atoms with Gasteiger partial charge in [-0.15, -0.1) is 0 Å². The van der Waals surface area contributed by atoms with E-state index in [1.165, 1.54) is 31.2 Å². The minimum Gasteiger partial charge on any atom is -0.355 e. The molecule has 2 aliphatic rings. The molecule has 4 nitrogen and oxygen atoms in total. The second-order valence-corrected chi connectivity index (χ2v) is 7.05. The highest BCUT2D eigenvalue weighted by molar-refractivity contribution is 5.93. The predicted molar refractivity (Wildman–Crippen MR) is 88.9 cm³/mol. The molecule has 1 aromatic carbocycles. The van der Waals surface area contributed by atoms with Crippen molar-refractivity contribution in [3.63, 3.8) is 0 Å². The highest BCUT2D eigenvalue weighted by Crippen LogP contribution is 2.72. The monoisotopic (exact) mass is 309 g/mol. The average Bonchev–Trinajstić information content (AvgIpc) is 2.93. The van der Waals surface area contributed by atoms with Crippen LogP contribution in [-0.2, 0) is 16.6 Å². The van der Waals surface area contributed by atoms with Gasteiger partial charge in [-0.1, -0.05) is 43.2 Å². The van der Waals surface area contributed by atoms with E-state index in [0.29, 0.717) is 6.54 Å². The number of nitrogens with one attached hydrogen (secondary N) is 2. The highest BCUT2D eigenvalue weighted by atomic mass is 16.2. The van der Waals surface area contributed by atoms with Crippen molar-refractivity contribution in [3.8, 4) is 0 Å². The van der Waals surface area contributed by atoms with Crippen molar-refractivity contribution in [2.24, 2.45) is 5.41 Å². The maximum Gasteiger partial charge on any atom is 0.231 e. The minimum absolute atomic E-state index is 0.216. The first-order valence-electron chi connectivity index (χ1n) is 8.58. The summed E-state index contributed by atoms with van der Waals surface area (Å²) < 4.78 is 0. The van der Waals surface area contributed by atoms with Gasteiger partial charge < -0.3 is 5.32 Å². The Labute approximate surface area is 136 Å². The number of H-pyrrole nitrogens is 1. The Hall–Kier alpha value is -2.10. The summed E-state index contributed by atoms with van der Waals surface area (Å²) in [6.45, 7) is 0.670. The van der Waals surface area contributed by atoms with Crippen LogP contribution in [0.4, 0.5) is 0 Å². The van der Waals surface area contributed by atoms with E-state index < -0.39 is 0 Å². The Kier molecular flexibility index (Phi) is 3.47.